The van der Waals surface area contributed by atoms with Crippen LogP contribution < -0.4 is 10.9 Å². The molecule has 0 saturated carbocycles. The van der Waals surface area contributed by atoms with E-state index >= 15 is 0 Å². The number of carbonyl (C=O) groups is 1. The molecule has 4 nitrogen and oxygen atoms in total. The van der Waals surface area contributed by atoms with E-state index < -0.39 is 5.91 Å². The number of carbonyl (C=O) groups excluding carboxylic acids is 1. The molecule has 0 unspecified atom stereocenters. The fraction of sp³-hybridized carbons (Fsp3) is 0.143. The summed E-state index contributed by atoms with van der Waals surface area (Å²) < 4.78 is 2.29. The first-order valence-corrected chi connectivity index (χ1v) is 6.52. The Morgan fingerprint density at radius 2 is 2.00 bits per heavy atom. The number of nitrogens with zero attached hydrogens (tertiary/aromatic N) is 1. The highest BCUT2D eigenvalue weighted by atomic mass is 79.9. The lowest BCUT2D eigenvalue weighted by atomic mass is 10.2. The van der Waals surface area contributed by atoms with Gasteiger partial charge in [-0.25, -0.2) is 0 Å². The topological polar surface area (TPSA) is 51.1 Å². The van der Waals surface area contributed by atoms with Crippen LogP contribution in [0.2, 0.25) is 0 Å². The van der Waals surface area contributed by atoms with Gasteiger partial charge in [0.2, 0.25) is 0 Å². The van der Waals surface area contributed by atoms with E-state index in [1.807, 2.05) is 19.1 Å². The number of amides is 1. The maximum atomic E-state index is 12.1. The number of halogens is 1. The quantitative estimate of drug-likeness (QED) is 0.925. The number of anilines is 1. The molecule has 0 fully saturated rings. The maximum Gasteiger partial charge on any atom is 0.263 e. The Labute approximate surface area is 119 Å². The predicted molar refractivity (Wildman–Crippen MR) is 78.5 cm³/mol. The highest BCUT2D eigenvalue weighted by Gasteiger charge is 2.12. The number of pyridine rings is 1. The fourth-order valence-corrected chi connectivity index (χ4v) is 2.07. The first kappa shape index (κ1) is 13.5. The summed E-state index contributed by atoms with van der Waals surface area (Å²) >= 11 is 3.40. The van der Waals surface area contributed by atoms with Crippen molar-refractivity contribution in [2.75, 3.05) is 5.32 Å². The van der Waals surface area contributed by atoms with Gasteiger partial charge in [-0.3, -0.25) is 9.59 Å². The third-order valence-corrected chi connectivity index (χ3v) is 3.74. The third kappa shape index (κ3) is 2.76. The highest BCUT2D eigenvalue weighted by molar-refractivity contribution is 9.10. The molecule has 2 rings (SSSR count). The SMILES string of the molecule is Cc1c(Br)cccc1NC(=O)c1cccn(C)c1=O. The van der Waals surface area contributed by atoms with Crippen LogP contribution in [0.3, 0.4) is 0 Å². The van der Waals surface area contributed by atoms with Crippen LogP contribution >= 0.6 is 15.9 Å². The number of nitrogens with one attached hydrogen (secondary N) is 1. The van der Waals surface area contributed by atoms with Gasteiger partial charge in [-0.1, -0.05) is 22.0 Å². The van der Waals surface area contributed by atoms with Crippen LogP contribution in [0, 0.1) is 6.92 Å². The first-order valence-electron chi connectivity index (χ1n) is 5.73. The molecule has 0 aliphatic rings. The van der Waals surface area contributed by atoms with Crippen molar-refractivity contribution in [2.24, 2.45) is 7.05 Å². The van der Waals surface area contributed by atoms with Gasteiger partial charge in [-0.05, 0) is 36.8 Å². The van der Waals surface area contributed by atoms with Crippen molar-refractivity contribution in [2.45, 2.75) is 6.92 Å². The summed E-state index contributed by atoms with van der Waals surface area (Å²) in [4.78, 5) is 24.0. The Balaban J connectivity index is 2.34. The third-order valence-electron chi connectivity index (χ3n) is 2.88. The Hall–Kier alpha value is -1.88. The normalized spacial score (nSPS) is 10.3. The zero-order valence-electron chi connectivity index (χ0n) is 10.6. The summed E-state index contributed by atoms with van der Waals surface area (Å²) in [5, 5.41) is 2.75. The Bertz CT molecular complexity index is 692. The van der Waals surface area contributed by atoms with Gasteiger partial charge in [0.1, 0.15) is 5.56 Å². The van der Waals surface area contributed by atoms with Crippen molar-refractivity contribution in [3.63, 3.8) is 0 Å². The van der Waals surface area contributed by atoms with Crippen LogP contribution in [0.1, 0.15) is 15.9 Å². The smallest absolute Gasteiger partial charge is 0.263 e. The van der Waals surface area contributed by atoms with Gasteiger partial charge in [0, 0.05) is 23.4 Å². The van der Waals surface area contributed by atoms with E-state index in [0.29, 0.717) is 5.69 Å². The van der Waals surface area contributed by atoms with E-state index in [-0.39, 0.29) is 11.1 Å². The molecule has 2 aromatic rings. The van der Waals surface area contributed by atoms with Gasteiger partial charge in [-0.2, -0.15) is 0 Å². The summed E-state index contributed by atoms with van der Waals surface area (Å²) in [7, 11) is 1.61. The van der Waals surface area contributed by atoms with Gasteiger partial charge in [-0.15, -0.1) is 0 Å². The molecule has 1 heterocycles. The monoisotopic (exact) mass is 320 g/mol. The minimum atomic E-state index is -0.401. The minimum absolute atomic E-state index is 0.129. The average molecular weight is 321 g/mol. The van der Waals surface area contributed by atoms with E-state index in [1.54, 1.807) is 25.4 Å². The highest BCUT2D eigenvalue weighted by Crippen LogP contribution is 2.23. The number of hydrogen-bond acceptors (Lipinski definition) is 2. The second kappa shape index (κ2) is 5.40. The Morgan fingerprint density at radius 1 is 1.26 bits per heavy atom. The lowest BCUT2D eigenvalue weighted by Gasteiger charge is -2.09. The molecule has 0 aliphatic carbocycles. The van der Waals surface area contributed by atoms with Gasteiger partial charge >= 0.3 is 0 Å². The van der Waals surface area contributed by atoms with Gasteiger partial charge in [0.05, 0.1) is 0 Å². The summed E-state index contributed by atoms with van der Waals surface area (Å²) in [5.41, 5.74) is 1.42. The molecule has 1 aromatic carbocycles. The molecule has 1 amide bonds. The van der Waals surface area contributed by atoms with Crippen molar-refractivity contribution in [1.29, 1.82) is 0 Å². The summed E-state index contributed by atoms with van der Waals surface area (Å²) in [5.74, 6) is -0.401. The Morgan fingerprint density at radius 3 is 2.74 bits per heavy atom. The van der Waals surface area contributed by atoms with Crippen molar-refractivity contribution in [1.82, 2.24) is 4.57 Å². The van der Waals surface area contributed by atoms with E-state index in [0.717, 1.165) is 10.0 Å². The van der Waals surface area contributed by atoms with Crippen molar-refractivity contribution >= 4 is 27.5 Å². The molecule has 1 N–H and O–H groups in total. The first-order chi connectivity index (χ1) is 9.00. The molecule has 0 bridgehead atoms. The maximum absolute atomic E-state index is 12.1. The number of aromatic nitrogens is 1. The molecule has 0 spiro atoms. The number of hydrogen-bond donors (Lipinski definition) is 1. The van der Waals surface area contributed by atoms with E-state index in [1.165, 1.54) is 10.6 Å². The standard InChI is InChI=1S/C14H13BrN2O2/c1-9-11(15)6-3-7-12(9)16-13(18)10-5-4-8-17(2)14(10)19/h3-8H,1-2H3,(H,16,18). The van der Waals surface area contributed by atoms with Crippen LogP contribution in [0.4, 0.5) is 5.69 Å². The van der Waals surface area contributed by atoms with Crippen molar-refractivity contribution in [3.8, 4) is 0 Å². The van der Waals surface area contributed by atoms with Crippen molar-refractivity contribution in [3.05, 3.63) is 62.5 Å². The largest absolute Gasteiger partial charge is 0.322 e. The van der Waals surface area contributed by atoms with Crippen LogP contribution in [0.5, 0.6) is 0 Å². The predicted octanol–water partition coefficient (Wildman–Crippen LogP) is 2.71. The lowest BCUT2D eigenvalue weighted by molar-refractivity contribution is 0.102. The van der Waals surface area contributed by atoms with E-state index in [2.05, 4.69) is 21.2 Å². The van der Waals surface area contributed by atoms with Crippen LogP contribution in [0.15, 0.2) is 45.8 Å². The van der Waals surface area contributed by atoms with Crippen molar-refractivity contribution < 1.29 is 4.79 Å². The number of aryl methyl sites for hydroxylation is 1. The van der Waals surface area contributed by atoms with Gasteiger partial charge < -0.3 is 9.88 Å². The molecule has 0 atom stereocenters. The second-order valence-electron chi connectivity index (χ2n) is 4.20. The Kier molecular flexibility index (Phi) is 3.85. The van der Waals surface area contributed by atoms with Gasteiger partial charge in [0.25, 0.3) is 11.5 Å². The molecule has 98 valence electrons. The minimum Gasteiger partial charge on any atom is -0.322 e. The number of benzene rings is 1. The van der Waals surface area contributed by atoms with Crippen LogP contribution in [-0.4, -0.2) is 10.5 Å². The molecule has 0 saturated heterocycles. The molecule has 19 heavy (non-hydrogen) atoms. The molecule has 5 heteroatoms. The second-order valence-corrected chi connectivity index (χ2v) is 5.06. The van der Waals surface area contributed by atoms with E-state index in [4.69, 9.17) is 0 Å². The summed E-state index contributed by atoms with van der Waals surface area (Å²) in [6.45, 7) is 1.89. The zero-order chi connectivity index (χ0) is 14.0. The average Bonchev–Trinajstić information content (AvgIpc) is 2.38. The molecule has 0 aliphatic heterocycles. The zero-order valence-corrected chi connectivity index (χ0v) is 12.2. The van der Waals surface area contributed by atoms with Crippen LogP contribution in [-0.2, 0) is 7.05 Å². The van der Waals surface area contributed by atoms with Gasteiger partial charge in [0.15, 0.2) is 0 Å². The van der Waals surface area contributed by atoms with E-state index in [9.17, 15) is 9.59 Å². The molecule has 0 radical (unpaired) electrons. The molecular formula is C14H13BrN2O2. The lowest BCUT2D eigenvalue weighted by Crippen LogP contribution is -2.27. The molecular weight excluding hydrogens is 308 g/mol. The van der Waals surface area contributed by atoms with Crippen LogP contribution in [0.25, 0.3) is 0 Å². The fourth-order valence-electron chi connectivity index (χ4n) is 1.70. The number of rotatable bonds is 2. The summed E-state index contributed by atoms with van der Waals surface area (Å²) in [6, 6.07) is 8.71. The molecule has 1 aromatic heterocycles. The summed E-state index contributed by atoms with van der Waals surface area (Å²) in [6.07, 6.45) is 1.61.